The van der Waals surface area contributed by atoms with E-state index in [1.165, 1.54) is 11.1 Å². The number of aliphatic hydroxyl groups excluding tert-OH is 1. The van der Waals surface area contributed by atoms with E-state index < -0.39 is 27.3 Å². The number of halogens is 1. The van der Waals surface area contributed by atoms with Gasteiger partial charge in [-0.2, -0.15) is 0 Å². The molecule has 2 aliphatic heterocycles. The molecule has 2 aromatic carbocycles. The second kappa shape index (κ2) is 11.4. The maximum Gasteiger partial charge on any atom is 0.264 e. The molecular formula is C32H41ClN2O5S. The van der Waals surface area contributed by atoms with Crippen molar-refractivity contribution in [2.75, 3.05) is 24.6 Å². The number of aliphatic hydroxyl groups is 1. The van der Waals surface area contributed by atoms with Crippen molar-refractivity contribution in [2.24, 2.45) is 11.8 Å². The molecule has 0 radical (unpaired) electrons. The smallest absolute Gasteiger partial charge is 0.264 e. The number of nitrogens with one attached hydrogen (secondary N) is 1. The number of ether oxygens (including phenoxy) is 1. The molecule has 6 rings (SSSR count). The van der Waals surface area contributed by atoms with Gasteiger partial charge in [0.25, 0.3) is 5.91 Å². The Hall–Kier alpha value is -2.29. The van der Waals surface area contributed by atoms with Crippen LogP contribution in [0.4, 0.5) is 5.69 Å². The standard InChI is InChI=1S/C32H41ClN2O5S/c1-2-25-7-3-4-8-29(36)26-12-9-23(26)18-35-19-32(15-5-6-21-16-24(33)11-13-27(21)32)20-40-30-14-10-22(17-28(30)35)31(37)34-41(25,38)39/h10-11,13-14,16-17,23,25-26,29,36H,2-9,12,15,18-20H2,1H3,(H,34,37)/t23-,25+,26+,29-,32-/m0/s1. The molecule has 41 heavy (non-hydrogen) atoms. The summed E-state index contributed by atoms with van der Waals surface area (Å²) in [5, 5.41) is 11.3. The molecule has 2 N–H and O–H groups in total. The van der Waals surface area contributed by atoms with Crippen LogP contribution in [0.2, 0.25) is 5.02 Å². The molecule has 222 valence electrons. The molecule has 0 aromatic heterocycles. The highest BCUT2D eigenvalue weighted by atomic mass is 35.5. The number of carbonyl (C=O) groups excluding carboxylic acids is 1. The minimum absolute atomic E-state index is 0.223. The van der Waals surface area contributed by atoms with Gasteiger partial charge in [0.1, 0.15) is 5.75 Å². The van der Waals surface area contributed by atoms with Crippen LogP contribution in [0.3, 0.4) is 0 Å². The Morgan fingerprint density at radius 3 is 2.71 bits per heavy atom. The van der Waals surface area contributed by atoms with Gasteiger partial charge in [-0.15, -0.1) is 0 Å². The largest absolute Gasteiger partial charge is 0.490 e. The summed E-state index contributed by atoms with van der Waals surface area (Å²) < 4.78 is 35.2. The minimum atomic E-state index is -3.84. The third kappa shape index (κ3) is 5.59. The zero-order chi connectivity index (χ0) is 28.8. The monoisotopic (exact) mass is 600 g/mol. The lowest BCUT2D eigenvalue weighted by atomic mass is 9.68. The molecule has 0 unspecified atom stereocenters. The van der Waals surface area contributed by atoms with Crippen molar-refractivity contribution in [1.82, 2.24) is 4.72 Å². The highest BCUT2D eigenvalue weighted by molar-refractivity contribution is 7.90. The molecule has 1 saturated carbocycles. The number of amides is 1. The van der Waals surface area contributed by atoms with Crippen LogP contribution in [0.1, 0.15) is 86.2 Å². The Balaban J connectivity index is 1.41. The average Bonchev–Trinajstić information content (AvgIpc) is 3.07. The van der Waals surface area contributed by atoms with E-state index >= 15 is 0 Å². The topological polar surface area (TPSA) is 95.9 Å². The van der Waals surface area contributed by atoms with Crippen LogP contribution in [0.25, 0.3) is 0 Å². The summed E-state index contributed by atoms with van der Waals surface area (Å²) in [6, 6.07) is 11.5. The molecule has 2 aromatic rings. The molecular weight excluding hydrogens is 560 g/mol. The van der Waals surface area contributed by atoms with Crippen LogP contribution in [0.15, 0.2) is 36.4 Å². The van der Waals surface area contributed by atoms with Gasteiger partial charge in [-0.25, -0.2) is 13.1 Å². The quantitative estimate of drug-likeness (QED) is 0.442. The summed E-state index contributed by atoms with van der Waals surface area (Å²) >= 11 is 6.38. The number of hydrogen-bond acceptors (Lipinski definition) is 6. The van der Waals surface area contributed by atoms with Gasteiger partial charge >= 0.3 is 0 Å². The maximum atomic E-state index is 13.3. The fourth-order valence-corrected chi connectivity index (χ4v) is 9.31. The number of anilines is 1. The van der Waals surface area contributed by atoms with Gasteiger partial charge < -0.3 is 14.7 Å². The van der Waals surface area contributed by atoms with Crippen LogP contribution < -0.4 is 14.4 Å². The molecule has 7 nitrogen and oxygen atoms in total. The Morgan fingerprint density at radius 1 is 1.10 bits per heavy atom. The lowest BCUT2D eigenvalue weighted by Crippen LogP contribution is -2.49. The molecule has 1 spiro atoms. The summed E-state index contributed by atoms with van der Waals surface area (Å²) in [6.45, 7) is 3.82. The van der Waals surface area contributed by atoms with Crippen LogP contribution in [-0.2, 0) is 21.9 Å². The second-order valence-electron chi connectivity index (χ2n) is 12.6. The maximum absolute atomic E-state index is 13.3. The molecule has 2 aliphatic carbocycles. The summed E-state index contributed by atoms with van der Waals surface area (Å²) in [4.78, 5) is 15.7. The average molecular weight is 601 g/mol. The highest BCUT2D eigenvalue weighted by Gasteiger charge is 2.44. The molecule has 0 saturated heterocycles. The van der Waals surface area contributed by atoms with Crippen molar-refractivity contribution in [3.05, 3.63) is 58.1 Å². The van der Waals surface area contributed by atoms with Gasteiger partial charge in [0.05, 0.1) is 23.6 Å². The number of hydrogen-bond donors (Lipinski definition) is 2. The molecule has 5 atom stereocenters. The van der Waals surface area contributed by atoms with Crippen LogP contribution in [0, 0.1) is 11.8 Å². The van der Waals surface area contributed by atoms with Gasteiger partial charge in [0.2, 0.25) is 10.0 Å². The van der Waals surface area contributed by atoms with Crippen molar-refractivity contribution in [3.63, 3.8) is 0 Å². The third-order valence-electron chi connectivity index (χ3n) is 10.1. The van der Waals surface area contributed by atoms with Crippen LogP contribution in [-0.4, -0.2) is 50.5 Å². The van der Waals surface area contributed by atoms with E-state index in [4.69, 9.17) is 16.3 Å². The molecule has 4 aliphatic rings. The first-order valence-corrected chi connectivity index (χ1v) is 17.2. The van der Waals surface area contributed by atoms with Crippen molar-refractivity contribution < 1.29 is 23.1 Å². The summed E-state index contributed by atoms with van der Waals surface area (Å²) in [7, 11) is -3.84. The van der Waals surface area contributed by atoms with Crippen LogP contribution >= 0.6 is 11.6 Å². The van der Waals surface area contributed by atoms with E-state index in [9.17, 15) is 18.3 Å². The highest BCUT2D eigenvalue weighted by Crippen LogP contribution is 2.47. The number of sulfonamides is 1. The van der Waals surface area contributed by atoms with Crippen molar-refractivity contribution in [2.45, 2.75) is 87.9 Å². The second-order valence-corrected chi connectivity index (χ2v) is 15.0. The van der Waals surface area contributed by atoms with E-state index in [2.05, 4.69) is 21.8 Å². The van der Waals surface area contributed by atoms with E-state index in [0.29, 0.717) is 49.5 Å². The van der Waals surface area contributed by atoms with Gasteiger partial charge in [-0.05, 0) is 105 Å². The van der Waals surface area contributed by atoms with E-state index in [1.807, 2.05) is 19.1 Å². The normalized spacial score (nSPS) is 31.6. The summed E-state index contributed by atoms with van der Waals surface area (Å²) in [5.74, 6) is 0.662. The fourth-order valence-electron chi connectivity index (χ4n) is 7.66. The fraction of sp³-hybridized carbons (Fsp3) is 0.594. The zero-order valence-corrected chi connectivity index (χ0v) is 25.4. The number of benzene rings is 2. The Morgan fingerprint density at radius 2 is 1.93 bits per heavy atom. The third-order valence-corrected chi connectivity index (χ3v) is 12.3. The lowest BCUT2D eigenvalue weighted by molar-refractivity contribution is 0.00903. The van der Waals surface area contributed by atoms with Gasteiger partial charge in [0.15, 0.2) is 0 Å². The van der Waals surface area contributed by atoms with Gasteiger partial charge in [-0.3, -0.25) is 4.79 Å². The predicted octanol–water partition coefficient (Wildman–Crippen LogP) is 5.61. The van der Waals surface area contributed by atoms with Gasteiger partial charge in [-0.1, -0.05) is 37.4 Å². The number of fused-ring (bicyclic) bond motifs is 4. The zero-order valence-electron chi connectivity index (χ0n) is 23.8. The van der Waals surface area contributed by atoms with E-state index in [0.717, 1.165) is 62.3 Å². The molecule has 1 amide bonds. The lowest BCUT2D eigenvalue weighted by Gasteiger charge is -2.45. The number of rotatable bonds is 1. The van der Waals surface area contributed by atoms with Crippen molar-refractivity contribution >= 4 is 33.2 Å². The Kier molecular flexibility index (Phi) is 8.02. The molecule has 2 bridgehead atoms. The van der Waals surface area contributed by atoms with Crippen molar-refractivity contribution in [3.8, 4) is 5.75 Å². The Bertz CT molecular complexity index is 1410. The molecule has 1 fully saturated rings. The SMILES string of the molecule is CC[C@@H]1CCCC[C@H](O)[C@@H]2CC[C@H]2CN2C[C@@]3(CCCc4cc(Cl)ccc43)COc3ccc(cc32)C(=O)NS1(=O)=O. The van der Waals surface area contributed by atoms with E-state index in [1.54, 1.807) is 12.1 Å². The number of aryl methyl sites for hydroxylation is 1. The van der Waals surface area contributed by atoms with Crippen LogP contribution in [0.5, 0.6) is 5.75 Å². The molecule has 2 heterocycles. The van der Waals surface area contributed by atoms with E-state index in [-0.39, 0.29) is 11.3 Å². The molecule has 9 heteroatoms. The summed E-state index contributed by atoms with van der Waals surface area (Å²) in [6.07, 6.45) is 7.72. The summed E-state index contributed by atoms with van der Waals surface area (Å²) in [5.41, 5.74) is 3.41. The number of nitrogens with zero attached hydrogens (tertiary/aromatic N) is 1. The van der Waals surface area contributed by atoms with Gasteiger partial charge in [0, 0.05) is 29.1 Å². The van der Waals surface area contributed by atoms with Crippen molar-refractivity contribution in [1.29, 1.82) is 0 Å². The predicted molar refractivity (Wildman–Crippen MR) is 161 cm³/mol. The minimum Gasteiger partial charge on any atom is -0.490 e. The first kappa shape index (κ1) is 28.8. The first-order chi connectivity index (χ1) is 19.7. The number of carbonyl (C=O) groups is 1. The Labute approximate surface area is 248 Å². The first-order valence-electron chi connectivity index (χ1n) is 15.2.